The van der Waals surface area contributed by atoms with E-state index in [0.717, 1.165) is 12.1 Å². The maximum Gasteiger partial charge on any atom is 0.416 e. The van der Waals surface area contributed by atoms with Gasteiger partial charge in [0.2, 0.25) is 11.8 Å². The number of hydrogen-bond acceptors (Lipinski definition) is 5. The lowest BCUT2D eigenvalue weighted by Crippen LogP contribution is -2.04. The van der Waals surface area contributed by atoms with Crippen molar-refractivity contribution in [2.24, 2.45) is 0 Å². The van der Waals surface area contributed by atoms with Crippen molar-refractivity contribution < 1.29 is 17.9 Å². The first-order valence-electron chi connectivity index (χ1n) is 5.75. The summed E-state index contributed by atoms with van der Waals surface area (Å²) < 4.78 is 42.9. The Bertz CT molecular complexity index is 782. The Morgan fingerprint density at radius 1 is 1.10 bits per heavy atom. The molecule has 3 aromatic rings. The van der Waals surface area contributed by atoms with Crippen LogP contribution in [0, 0.1) is 0 Å². The van der Waals surface area contributed by atoms with Crippen molar-refractivity contribution in [1.29, 1.82) is 0 Å². The molecular formula is C12H8F3N5O. The Morgan fingerprint density at radius 3 is 2.48 bits per heavy atom. The monoisotopic (exact) mass is 295 g/mol. The number of nitrogens with two attached hydrogens (primary N) is 1. The summed E-state index contributed by atoms with van der Waals surface area (Å²) in [6.07, 6.45) is -2.95. The van der Waals surface area contributed by atoms with Gasteiger partial charge in [-0.15, -0.1) is 0 Å². The standard InChI is InChI=1S/C12H8F3N5O/c13-12(14,15)6-1-3-7(4-2-6)21-10-8-5-17-20-9(8)18-11(16)19-10/h1-5H,(H3,16,17,18,19,20). The molecule has 1 aromatic carbocycles. The van der Waals surface area contributed by atoms with Gasteiger partial charge in [-0.25, -0.2) is 0 Å². The maximum atomic E-state index is 12.5. The molecule has 0 atom stereocenters. The molecule has 0 saturated carbocycles. The van der Waals surface area contributed by atoms with Crippen LogP contribution in [0.4, 0.5) is 19.1 Å². The number of H-pyrrole nitrogens is 1. The second kappa shape index (κ2) is 4.62. The Balaban J connectivity index is 1.93. The molecule has 9 heteroatoms. The molecule has 108 valence electrons. The van der Waals surface area contributed by atoms with E-state index in [1.807, 2.05) is 0 Å². The highest BCUT2D eigenvalue weighted by Gasteiger charge is 2.30. The van der Waals surface area contributed by atoms with Crippen LogP contribution in [0.3, 0.4) is 0 Å². The molecule has 6 nitrogen and oxygen atoms in total. The van der Waals surface area contributed by atoms with Crippen LogP contribution in [0.2, 0.25) is 0 Å². The van der Waals surface area contributed by atoms with Crippen molar-refractivity contribution in [2.75, 3.05) is 5.73 Å². The number of aromatic amines is 1. The molecule has 0 unspecified atom stereocenters. The zero-order valence-corrected chi connectivity index (χ0v) is 10.3. The van der Waals surface area contributed by atoms with Crippen LogP contribution in [-0.2, 0) is 6.18 Å². The molecule has 0 saturated heterocycles. The van der Waals surface area contributed by atoms with Gasteiger partial charge in [0.15, 0.2) is 5.65 Å². The lowest BCUT2D eigenvalue weighted by Gasteiger charge is -2.09. The minimum atomic E-state index is -4.39. The van der Waals surface area contributed by atoms with Crippen LogP contribution >= 0.6 is 0 Å². The van der Waals surface area contributed by atoms with Crippen molar-refractivity contribution in [3.63, 3.8) is 0 Å². The maximum absolute atomic E-state index is 12.5. The molecule has 0 amide bonds. The van der Waals surface area contributed by atoms with Crippen molar-refractivity contribution >= 4 is 17.0 Å². The number of nitrogens with one attached hydrogen (secondary N) is 1. The van der Waals surface area contributed by atoms with Crippen LogP contribution in [0.1, 0.15) is 5.56 Å². The van der Waals surface area contributed by atoms with Crippen LogP contribution in [0.5, 0.6) is 11.6 Å². The van der Waals surface area contributed by atoms with E-state index >= 15 is 0 Å². The summed E-state index contributed by atoms with van der Waals surface area (Å²) in [5, 5.41) is 6.86. The number of halogens is 3. The molecule has 3 N–H and O–H groups in total. The topological polar surface area (TPSA) is 89.7 Å². The lowest BCUT2D eigenvalue weighted by molar-refractivity contribution is -0.137. The molecule has 0 aliphatic carbocycles. The largest absolute Gasteiger partial charge is 0.438 e. The summed E-state index contributed by atoms with van der Waals surface area (Å²) in [6, 6.07) is 4.25. The van der Waals surface area contributed by atoms with Crippen LogP contribution in [-0.4, -0.2) is 20.2 Å². The average Bonchev–Trinajstić information content (AvgIpc) is 2.86. The van der Waals surface area contributed by atoms with E-state index < -0.39 is 11.7 Å². The Labute approximate surface area is 115 Å². The number of anilines is 1. The number of rotatable bonds is 2. The van der Waals surface area contributed by atoms with Gasteiger partial charge < -0.3 is 10.5 Å². The third-order valence-corrected chi connectivity index (χ3v) is 2.69. The zero-order valence-electron chi connectivity index (χ0n) is 10.3. The van der Waals surface area contributed by atoms with Crippen LogP contribution in [0.15, 0.2) is 30.5 Å². The van der Waals surface area contributed by atoms with E-state index in [0.29, 0.717) is 11.0 Å². The molecule has 21 heavy (non-hydrogen) atoms. The van der Waals surface area contributed by atoms with Gasteiger partial charge in [-0.2, -0.15) is 28.2 Å². The van der Waals surface area contributed by atoms with E-state index in [4.69, 9.17) is 10.5 Å². The zero-order chi connectivity index (χ0) is 15.0. The summed E-state index contributed by atoms with van der Waals surface area (Å²) in [5.41, 5.74) is 5.14. The first kappa shape index (κ1) is 13.2. The summed E-state index contributed by atoms with van der Waals surface area (Å²) in [7, 11) is 0. The molecule has 0 aliphatic rings. The summed E-state index contributed by atoms with van der Waals surface area (Å²) in [6.45, 7) is 0. The highest BCUT2D eigenvalue weighted by atomic mass is 19.4. The van der Waals surface area contributed by atoms with Gasteiger partial charge in [-0.05, 0) is 24.3 Å². The van der Waals surface area contributed by atoms with Gasteiger partial charge in [0, 0.05) is 0 Å². The van der Waals surface area contributed by atoms with E-state index in [1.165, 1.54) is 18.3 Å². The van der Waals surface area contributed by atoms with Crippen molar-refractivity contribution in [3.05, 3.63) is 36.0 Å². The number of benzene rings is 1. The Hall–Kier alpha value is -2.84. The minimum absolute atomic E-state index is 0.0336. The second-order valence-corrected chi connectivity index (χ2v) is 4.14. The predicted molar refractivity (Wildman–Crippen MR) is 67.6 cm³/mol. The number of nitrogens with zero attached hydrogens (tertiary/aromatic N) is 3. The fourth-order valence-electron chi connectivity index (χ4n) is 1.73. The van der Waals surface area contributed by atoms with Crippen LogP contribution in [0.25, 0.3) is 11.0 Å². The Morgan fingerprint density at radius 2 is 1.81 bits per heavy atom. The number of alkyl halides is 3. The van der Waals surface area contributed by atoms with Gasteiger partial charge in [-0.3, -0.25) is 5.10 Å². The molecule has 2 heterocycles. The van der Waals surface area contributed by atoms with Crippen molar-refractivity contribution in [1.82, 2.24) is 20.2 Å². The summed E-state index contributed by atoms with van der Waals surface area (Å²) in [5.74, 6) is 0.281. The van der Waals surface area contributed by atoms with Crippen LogP contribution < -0.4 is 10.5 Å². The number of hydrogen-bond donors (Lipinski definition) is 2. The first-order valence-corrected chi connectivity index (χ1v) is 5.75. The molecular weight excluding hydrogens is 287 g/mol. The molecule has 0 fully saturated rings. The molecule has 2 aromatic heterocycles. The second-order valence-electron chi connectivity index (χ2n) is 4.14. The third-order valence-electron chi connectivity index (χ3n) is 2.69. The summed E-state index contributed by atoms with van der Waals surface area (Å²) >= 11 is 0. The number of fused-ring (bicyclic) bond motifs is 1. The predicted octanol–water partition coefficient (Wildman–Crippen LogP) is 2.75. The van der Waals surface area contributed by atoms with Gasteiger partial charge in [0.1, 0.15) is 11.1 Å². The number of ether oxygens (including phenoxy) is 1. The Kier molecular flexibility index (Phi) is 2.89. The van der Waals surface area contributed by atoms with Gasteiger partial charge in [0.25, 0.3) is 0 Å². The van der Waals surface area contributed by atoms with E-state index in [-0.39, 0.29) is 17.6 Å². The van der Waals surface area contributed by atoms with E-state index in [2.05, 4.69) is 20.2 Å². The van der Waals surface area contributed by atoms with E-state index in [9.17, 15) is 13.2 Å². The number of aromatic nitrogens is 4. The van der Waals surface area contributed by atoms with Gasteiger partial charge in [-0.1, -0.05) is 0 Å². The minimum Gasteiger partial charge on any atom is -0.438 e. The molecule has 0 radical (unpaired) electrons. The smallest absolute Gasteiger partial charge is 0.416 e. The first-order chi connectivity index (χ1) is 9.93. The van der Waals surface area contributed by atoms with Gasteiger partial charge >= 0.3 is 6.18 Å². The summed E-state index contributed by atoms with van der Waals surface area (Å²) in [4.78, 5) is 7.81. The third kappa shape index (κ3) is 2.57. The highest BCUT2D eigenvalue weighted by Crippen LogP contribution is 2.32. The fraction of sp³-hybridized carbons (Fsp3) is 0.0833. The molecule has 0 aliphatic heterocycles. The molecule has 3 rings (SSSR count). The molecule has 0 bridgehead atoms. The fourth-order valence-corrected chi connectivity index (χ4v) is 1.73. The highest BCUT2D eigenvalue weighted by molar-refractivity contribution is 5.80. The molecule has 0 spiro atoms. The van der Waals surface area contributed by atoms with Crippen molar-refractivity contribution in [2.45, 2.75) is 6.18 Å². The average molecular weight is 295 g/mol. The SMILES string of the molecule is Nc1nc(Oc2ccc(C(F)(F)F)cc2)c2cn[nH]c2n1. The van der Waals surface area contributed by atoms with Crippen molar-refractivity contribution in [3.8, 4) is 11.6 Å². The normalized spacial score (nSPS) is 11.8. The quantitative estimate of drug-likeness (QED) is 0.758. The number of nitrogen functional groups attached to an aromatic ring is 1. The lowest BCUT2D eigenvalue weighted by atomic mass is 10.2. The van der Waals surface area contributed by atoms with Gasteiger partial charge in [0.05, 0.1) is 11.8 Å². The van der Waals surface area contributed by atoms with E-state index in [1.54, 1.807) is 0 Å².